The van der Waals surface area contributed by atoms with E-state index in [0.29, 0.717) is 11.4 Å². The summed E-state index contributed by atoms with van der Waals surface area (Å²) in [6.07, 6.45) is 3.22. The van der Waals surface area contributed by atoms with Gasteiger partial charge >= 0.3 is 6.03 Å². The minimum atomic E-state index is -3.91. The van der Waals surface area contributed by atoms with Crippen LogP contribution >= 0.6 is 0 Å². The Morgan fingerprint density at radius 1 is 1.31 bits per heavy atom. The van der Waals surface area contributed by atoms with Gasteiger partial charge in [-0.2, -0.15) is 4.31 Å². The number of hydrogen-bond donors (Lipinski definition) is 2. The fourth-order valence-electron chi connectivity index (χ4n) is 4.00. The number of nitrogens with zero attached hydrogens (tertiary/aromatic N) is 2. The van der Waals surface area contributed by atoms with Gasteiger partial charge < -0.3 is 24.8 Å². The maximum absolute atomic E-state index is 13.5. The number of likely N-dealkylation sites (N-methyl/N-ethyl adjacent to an activating group) is 1. The first-order valence-electron chi connectivity index (χ1n) is 11.8. The van der Waals surface area contributed by atoms with Crippen molar-refractivity contribution < 1.29 is 27.8 Å². The number of carbonyl (C=O) groups is 1. The molecule has 2 aromatic rings. The largest absolute Gasteiger partial charge is 0.497 e. The molecule has 0 aliphatic carbocycles. The maximum Gasteiger partial charge on any atom is 0.321 e. The number of ether oxygens (including phenoxy) is 2. The molecular weight excluding hydrogens is 482 g/mol. The summed E-state index contributed by atoms with van der Waals surface area (Å²) in [5, 5.41) is 12.6. The smallest absolute Gasteiger partial charge is 0.321 e. The molecule has 0 saturated heterocycles. The lowest BCUT2D eigenvalue weighted by molar-refractivity contribution is 0.0830. The van der Waals surface area contributed by atoms with Crippen molar-refractivity contribution >= 4 is 27.8 Å². The molecule has 0 fully saturated rings. The van der Waals surface area contributed by atoms with Gasteiger partial charge in [-0.15, -0.1) is 0 Å². The van der Waals surface area contributed by atoms with Crippen LogP contribution in [0.3, 0.4) is 0 Å². The summed E-state index contributed by atoms with van der Waals surface area (Å²) in [6, 6.07) is 11.0. The Balaban J connectivity index is 1.90. The van der Waals surface area contributed by atoms with Crippen molar-refractivity contribution in [3.8, 4) is 11.5 Å². The number of hydrogen-bond acceptors (Lipinski definition) is 6. The van der Waals surface area contributed by atoms with Crippen LogP contribution < -0.4 is 14.8 Å². The highest BCUT2D eigenvalue weighted by atomic mass is 32.2. The summed E-state index contributed by atoms with van der Waals surface area (Å²) in [5.74, 6) is 0.635. The average molecular weight is 518 g/mol. The Labute approximate surface area is 213 Å². The Morgan fingerprint density at radius 2 is 2.00 bits per heavy atom. The SMILES string of the molecule is C/C=C/c1ccc2c(c1)O[C@@H](CN(C)C(=O)Nc1ccc(OC)cc1)[C@@H](C)CN([C@H](C)CO)S2(=O)=O. The summed E-state index contributed by atoms with van der Waals surface area (Å²) >= 11 is 0. The number of aliphatic hydroxyl groups is 1. The minimum Gasteiger partial charge on any atom is -0.497 e. The molecule has 0 radical (unpaired) electrons. The van der Waals surface area contributed by atoms with E-state index in [-0.39, 0.29) is 42.3 Å². The molecule has 1 aliphatic heterocycles. The van der Waals surface area contributed by atoms with Crippen molar-refractivity contribution in [3.63, 3.8) is 0 Å². The van der Waals surface area contributed by atoms with Crippen LogP contribution in [0.25, 0.3) is 6.08 Å². The highest BCUT2D eigenvalue weighted by Crippen LogP contribution is 2.34. The molecule has 0 aromatic heterocycles. The van der Waals surface area contributed by atoms with Crippen molar-refractivity contribution in [2.75, 3.05) is 39.2 Å². The van der Waals surface area contributed by atoms with Gasteiger partial charge in [0.05, 0.1) is 20.3 Å². The minimum absolute atomic E-state index is 0.0401. The Bertz CT molecular complexity index is 1180. The number of carbonyl (C=O) groups excluding carboxylic acids is 1. The number of amides is 2. The maximum atomic E-state index is 13.5. The standard InChI is InChI=1S/C26H35N3O6S/c1-6-7-20-8-13-25-23(14-20)35-24(18(2)15-29(19(3)17-30)36(25,32)33)16-28(4)26(31)27-21-9-11-22(34-5)12-10-21/h6-14,18-19,24,30H,15-17H2,1-5H3,(H,27,31)/b7-6+/t18-,19+,24-/m0/s1. The number of methoxy groups -OCH3 is 1. The molecule has 2 aromatic carbocycles. The van der Waals surface area contributed by atoms with Crippen LogP contribution in [0.2, 0.25) is 0 Å². The molecule has 3 atom stereocenters. The Hall–Kier alpha value is -3.08. The van der Waals surface area contributed by atoms with E-state index < -0.39 is 22.2 Å². The van der Waals surface area contributed by atoms with E-state index in [4.69, 9.17) is 9.47 Å². The first-order chi connectivity index (χ1) is 17.1. The molecule has 0 unspecified atom stereocenters. The van der Waals surface area contributed by atoms with Gasteiger partial charge in [0.25, 0.3) is 0 Å². The molecule has 0 saturated carbocycles. The van der Waals surface area contributed by atoms with E-state index in [1.165, 1.54) is 15.3 Å². The zero-order valence-corrected chi connectivity index (χ0v) is 22.2. The van der Waals surface area contributed by atoms with Crippen molar-refractivity contribution in [1.82, 2.24) is 9.21 Å². The van der Waals surface area contributed by atoms with Gasteiger partial charge in [-0.05, 0) is 55.8 Å². The Morgan fingerprint density at radius 3 is 2.61 bits per heavy atom. The summed E-state index contributed by atoms with van der Waals surface area (Å²) in [6.45, 7) is 5.47. The van der Waals surface area contributed by atoms with Crippen molar-refractivity contribution in [2.24, 2.45) is 5.92 Å². The monoisotopic (exact) mass is 517 g/mol. The van der Waals surface area contributed by atoms with Crippen molar-refractivity contribution in [3.05, 3.63) is 54.1 Å². The second kappa shape index (κ2) is 11.8. The van der Waals surface area contributed by atoms with Crippen LogP contribution in [-0.2, 0) is 10.0 Å². The second-order valence-corrected chi connectivity index (χ2v) is 10.8. The number of aliphatic hydroxyl groups excluding tert-OH is 1. The Kier molecular flexibility index (Phi) is 8.99. The third-order valence-corrected chi connectivity index (χ3v) is 8.21. The molecule has 0 bridgehead atoms. The molecule has 0 spiro atoms. The number of allylic oxidation sites excluding steroid dienone is 1. The molecule has 9 nitrogen and oxygen atoms in total. The number of urea groups is 1. The normalized spacial score (nSPS) is 20.5. The summed E-state index contributed by atoms with van der Waals surface area (Å²) in [7, 11) is -0.676. The molecular formula is C26H35N3O6S. The second-order valence-electron chi connectivity index (χ2n) is 8.99. The van der Waals surface area contributed by atoms with Crippen LogP contribution in [-0.4, -0.2) is 74.8 Å². The van der Waals surface area contributed by atoms with E-state index in [0.717, 1.165) is 5.56 Å². The highest BCUT2D eigenvalue weighted by Gasteiger charge is 2.38. The predicted octanol–water partition coefficient (Wildman–Crippen LogP) is 3.66. The van der Waals surface area contributed by atoms with Crippen LogP contribution in [0.5, 0.6) is 11.5 Å². The van der Waals surface area contributed by atoms with Gasteiger partial charge in [-0.1, -0.05) is 25.1 Å². The van der Waals surface area contributed by atoms with Gasteiger partial charge in [0.15, 0.2) is 0 Å². The van der Waals surface area contributed by atoms with Crippen LogP contribution in [0.1, 0.15) is 26.3 Å². The first-order valence-corrected chi connectivity index (χ1v) is 13.3. The number of nitrogens with one attached hydrogen (secondary N) is 1. The van der Waals surface area contributed by atoms with Crippen LogP contribution in [0.4, 0.5) is 10.5 Å². The first kappa shape index (κ1) is 27.5. The summed E-state index contributed by atoms with van der Waals surface area (Å²) < 4.78 is 39.8. The van der Waals surface area contributed by atoms with E-state index in [1.54, 1.807) is 57.5 Å². The van der Waals surface area contributed by atoms with Gasteiger partial charge in [0.1, 0.15) is 22.5 Å². The van der Waals surface area contributed by atoms with Crippen molar-refractivity contribution in [2.45, 2.75) is 37.8 Å². The highest BCUT2D eigenvalue weighted by molar-refractivity contribution is 7.89. The number of fused-ring (bicyclic) bond motifs is 1. The lowest BCUT2D eigenvalue weighted by Gasteiger charge is -2.37. The molecule has 1 heterocycles. The van der Waals surface area contributed by atoms with Gasteiger partial charge in [-0.3, -0.25) is 0 Å². The predicted molar refractivity (Wildman–Crippen MR) is 140 cm³/mol. The van der Waals surface area contributed by atoms with E-state index in [1.807, 2.05) is 26.0 Å². The molecule has 1 aliphatic rings. The molecule has 2 N–H and O–H groups in total. The third kappa shape index (κ3) is 6.18. The van der Waals surface area contributed by atoms with Gasteiger partial charge in [0, 0.05) is 31.2 Å². The van der Waals surface area contributed by atoms with Crippen molar-refractivity contribution in [1.29, 1.82) is 0 Å². The number of anilines is 1. The molecule has 3 rings (SSSR count). The topological polar surface area (TPSA) is 108 Å². The number of sulfonamides is 1. The number of rotatable bonds is 7. The van der Waals surface area contributed by atoms with Crippen LogP contribution in [0, 0.1) is 5.92 Å². The van der Waals surface area contributed by atoms with E-state index in [2.05, 4.69) is 5.32 Å². The molecule has 196 valence electrons. The summed E-state index contributed by atoms with van der Waals surface area (Å²) in [5.41, 5.74) is 1.42. The zero-order chi connectivity index (χ0) is 26.5. The zero-order valence-electron chi connectivity index (χ0n) is 21.3. The van der Waals surface area contributed by atoms with E-state index in [9.17, 15) is 18.3 Å². The van der Waals surface area contributed by atoms with Gasteiger partial charge in [-0.25, -0.2) is 13.2 Å². The fraction of sp³-hybridized carbons (Fsp3) is 0.423. The van der Waals surface area contributed by atoms with Gasteiger partial charge in [0.2, 0.25) is 10.0 Å². The molecule has 36 heavy (non-hydrogen) atoms. The summed E-state index contributed by atoms with van der Waals surface area (Å²) in [4.78, 5) is 14.4. The quantitative estimate of drug-likeness (QED) is 0.580. The van der Waals surface area contributed by atoms with Crippen LogP contribution in [0.15, 0.2) is 53.4 Å². The molecule has 10 heteroatoms. The van der Waals surface area contributed by atoms with E-state index >= 15 is 0 Å². The number of benzene rings is 2. The average Bonchev–Trinajstić information content (AvgIpc) is 2.86. The third-order valence-electron chi connectivity index (χ3n) is 6.19. The lowest BCUT2D eigenvalue weighted by Crippen LogP contribution is -2.50. The fourth-order valence-corrected chi connectivity index (χ4v) is 5.83. The lowest BCUT2D eigenvalue weighted by atomic mass is 10.0. The molecule has 2 amide bonds.